The average molecular weight is 264 g/mol. The van der Waals surface area contributed by atoms with Crippen molar-refractivity contribution in [3.8, 4) is 17.2 Å². The lowest BCUT2D eigenvalue weighted by atomic mass is 10.0. The van der Waals surface area contributed by atoms with Crippen molar-refractivity contribution in [1.82, 2.24) is 0 Å². The van der Waals surface area contributed by atoms with Crippen LogP contribution in [0.25, 0.3) is 6.08 Å². The SMILES string of the molecule is COc1cc(OC)c(OC)cc1C=C(C=O)C(C)C. The zero-order chi connectivity index (χ0) is 14.4. The fraction of sp³-hybridized carbons (Fsp3) is 0.400. The van der Waals surface area contributed by atoms with Crippen LogP contribution in [0.15, 0.2) is 17.7 Å². The number of ether oxygens (including phenoxy) is 3. The van der Waals surface area contributed by atoms with Gasteiger partial charge in [0.25, 0.3) is 0 Å². The van der Waals surface area contributed by atoms with Gasteiger partial charge >= 0.3 is 0 Å². The van der Waals surface area contributed by atoms with Crippen LogP contribution in [-0.2, 0) is 4.79 Å². The van der Waals surface area contributed by atoms with Gasteiger partial charge in [0.2, 0.25) is 0 Å². The van der Waals surface area contributed by atoms with E-state index in [1.54, 1.807) is 39.5 Å². The summed E-state index contributed by atoms with van der Waals surface area (Å²) in [5, 5.41) is 0. The van der Waals surface area contributed by atoms with Gasteiger partial charge in [0.1, 0.15) is 12.0 Å². The van der Waals surface area contributed by atoms with Gasteiger partial charge in [0.05, 0.1) is 21.3 Å². The van der Waals surface area contributed by atoms with E-state index in [0.717, 1.165) is 11.8 Å². The summed E-state index contributed by atoms with van der Waals surface area (Å²) in [6.45, 7) is 3.93. The quantitative estimate of drug-likeness (QED) is 0.585. The number of rotatable bonds is 6. The second-order valence-electron chi connectivity index (χ2n) is 4.37. The molecule has 0 aliphatic carbocycles. The molecule has 0 spiro atoms. The highest BCUT2D eigenvalue weighted by Gasteiger charge is 2.12. The van der Waals surface area contributed by atoms with E-state index in [-0.39, 0.29) is 5.92 Å². The monoisotopic (exact) mass is 264 g/mol. The largest absolute Gasteiger partial charge is 0.496 e. The van der Waals surface area contributed by atoms with Crippen LogP contribution >= 0.6 is 0 Å². The molecule has 0 saturated heterocycles. The van der Waals surface area contributed by atoms with Crippen LogP contribution in [0.5, 0.6) is 17.2 Å². The van der Waals surface area contributed by atoms with Gasteiger partial charge in [0.15, 0.2) is 11.5 Å². The van der Waals surface area contributed by atoms with E-state index in [0.29, 0.717) is 22.8 Å². The summed E-state index contributed by atoms with van der Waals surface area (Å²) in [5.41, 5.74) is 1.49. The number of hydrogen-bond acceptors (Lipinski definition) is 4. The van der Waals surface area contributed by atoms with Crippen molar-refractivity contribution in [2.75, 3.05) is 21.3 Å². The van der Waals surface area contributed by atoms with Gasteiger partial charge in [0, 0.05) is 11.6 Å². The lowest BCUT2D eigenvalue weighted by molar-refractivity contribution is -0.105. The van der Waals surface area contributed by atoms with E-state index < -0.39 is 0 Å². The first kappa shape index (κ1) is 15.1. The van der Waals surface area contributed by atoms with Gasteiger partial charge in [-0.05, 0) is 23.6 Å². The molecule has 0 fully saturated rings. The first-order chi connectivity index (χ1) is 9.07. The minimum atomic E-state index is 0.148. The second kappa shape index (κ2) is 6.83. The number of carbonyl (C=O) groups is 1. The highest BCUT2D eigenvalue weighted by Crippen LogP contribution is 2.35. The fourth-order valence-electron chi connectivity index (χ4n) is 1.68. The summed E-state index contributed by atoms with van der Waals surface area (Å²) in [6.07, 6.45) is 2.67. The Kier molecular flexibility index (Phi) is 5.42. The van der Waals surface area contributed by atoms with Crippen molar-refractivity contribution < 1.29 is 19.0 Å². The Morgan fingerprint density at radius 3 is 1.95 bits per heavy atom. The zero-order valence-corrected chi connectivity index (χ0v) is 12.0. The molecular weight excluding hydrogens is 244 g/mol. The summed E-state index contributed by atoms with van der Waals surface area (Å²) in [7, 11) is 4.72. The van der Waals surface area contributed by atoms with Gasteiger partial charge in [-0.3, -0.25) is 4.79 Å². The Morgan fingerprint density at radius 1 is 1.00 bits per heavy atom. The first-order valence-corrected chi connectivity index (χ1v) is 6.04. The van der Waals surface area contributed by atoms with Crippen LogP contribution in [0.4, 0.5) is 0 Å². The third-order valence-electron chi connectivity index (χ3n) is 2.86. The second-order valence-corrected chi connectivity index (χ2v) is 4.37. The zero-order valence-electron chi connectivity index (χ0n) is 12.0. The Labute approximate surface area is 114 Å². The van der Waals surface area contributed by atoms with Crippen molar-refractivity contribution in [2.24, 2.45) is 5.92 Å². The van der Waals surface area contributed by atoms with E-state index in [1.165, 1.54) is 0 Å². The van der Waals surface area contributed by atoms with Crippen LogP contribution in [0.1, 0.15) is 19.4 Å². The van der Waals surface area contributed by atoms with Gasteiger partial charge in [-0.2, -0.15) is 0 Å². The Morgan fingerprint density at radius 2 is 1.53 bits per heavy atom. The molecule has 0 aliphatic heterocycles. The molecule has 104 valence electrons. The molecule has 0 saturated carbocycles. The molecule has 1 rings (SSSR count). The number of benzene rings is 1. The van der Waals surface area contributed by atoms with Crippen molar-refractivity contribution >= 4 is 12.4 Å². The average Bonchev–Trinajstić information content (AvgIpc) is 2.43. The van der Waals surface area contributed by atoms with Crippen molar-refractivity contribution in [2.45, 2.75) is 13.8 Å². The normalized spacial score (nSPS) is 11.4. The van der Waals surface area contributed by atoms with Gasteiger partial charge in [-0.1, -0.05) is 13.8 Å². The highest BCUT2D eigenvalue weighted by molar-refractivity contribution is 5.83. The standard InChI is InChI=1S/C15H20O4/c1-10(2)12(9-16)6-11-7-14(18-4)15(19-5)8-13(11)17-3/h6-10H,1-5H3. The van der Waals surface area contributed by atoms with E-state index in [4.69, 9.17) is 14.2 Å². The maximum Gasteiger partial charge on any atom is 0.164 e. The van der Waals surface area contributed by atoms with Crippen LogP contribution in [0, 0.1) is 5.92 Å². The Balaban J connectivity index is 3.37. The molecule has 0 heterocycles. The molecule has 4 nitrogen and oxygen atoms in total. The lowest BCUT2D eigenvalue weighted by Gasteiger charge is -2.13. The third kappa shape index (κ3) is 3.50. The van der Waals surface area contributed by atoms with Gasteiger partial charge in [-0.15, -0.1) is 0 Å². The van der Waals surface area contributed by atoms with Crippen molar-refractivity contribution in [3.05, 3.63) is 23.3 Å². The van der Waals surface area contributed by atoms with Gasteiger partial charge < -0.3 is 14.2 Å². The third-order valence-corrected chi connectivity index (χ3v) is 2.86. The van der Waals surface area contributed by atoms with E-state index in [1.807, 2.05) is 13.8 Å². The van der Waals surface area contributed by atoms with E-state index in [2.05, 4.69) is 0 Å². The van der Waals surface area contributed by atoms with Crippen LogP contribution in [0.2, 0.25) is 0 Å². The molecule has 4 heteroatoms. The minimum absolute atomic E-state index is 0.148. The topological polar surface area (TPSA) is 44.8 Å². The van der Waals surface area contributed by atoms with Crippen LogP contribution in [0.3, 0.4) is 0 Å². The summed E-state index contributed by atoms with van der Waals surface area (Å²) in [4.78, 5) is 11.1. The molecular formula is C15H20O4. The van der Waals surface area contributed by atoms with Gasteiger partial charge in [-0.25, -0.2) is 0 Å². The molecule has 0 aromatic heterocycles. The van der Waals surface area contributed by atoms with Crippen molar-refractivity contribution in [3.63, 3.8) is 0 Å². The Bertz CT molecular complexity index is 475. The number of aldehydes is 1. The van der Waals surface area contributed by atoms with E-state index in [9.17, 15) is 4.79 Å². The predicted molar refractivity (Wildman–Crippen MR) is 75.0 cm³/mol. The van der Waals surface area contributed by atoms with E-state index >= 15 is 0 Å². The van der Waals surface area contributed by atoms with Crippen molar-refractivity contribution in [1.29, 1.82) is 0 Å². The predicted octanol–water partition coefficient (Wildman–Crippen LogP) is 2.95. The summed E-state index contributed by atoms with van der Waals surface area (Å²) in [5.74, 6) is 1.98. The van der Waals surface area contributed by atoms with Crippen LogP contribution < -0.4 is 14.2 Å². The molecule has 0 amide bonds. The summed E-state index contributed by atoms with van der Waals surface area (Å²) in [6, 6.07) is 3.54. The maximum absolute atomic E-state index is 11.1. The molecule has 1 aromatic rings. The number of methoxy groups -OCH3 is 3. The molecule has 0 atom stereocenters. The Hall–Kier alpha value is -1.97. The molecule has 1 aromatic carbocycles. The smallest absolute Gasteiger partial charge is 0.164 e. The first-order valence-electron chi connectivity index (χ1n) is 6.04. The molecule has 0 aliphatic rings. The molecule has 0 radical (unpaired) electrons. The molecule has 0 N–H and O–H groups in total. The fourth-order valence-corrected chi connectivity index (χ4v) is 1.68. The lowest BCUT2D eigenvalue weighted by Crippen LogP contribution is -1.98. The summed E-state index contributed by atoms with van der Waals surface area (Å²) >= 11 is 0. The highest BCUT2D eigenvalue weighted by atomic mass is 16.5. The summed E-state index contributed by atoms with van der Waals surface area (Å²) < 4.78 is 15.8. The molecule has 0 unspecified atom stereocenters. The number of hydrogen-bond donors (Lipinski definition) is 0. The number of allylic oxidation sites excluding steroid dienone is 1. The number of carbonyl (C=O) groups excluding carboxylic acids is 1. The minimum Gasteiger partial charge on any atom is -0.496 e. The molecule has 19 heavy (non-hydrogen) atoms. The molecule has 0 bridgehead atoms. The van der Waals surface area contributed by atoms with Crippen LogP contribution in [-0.4, -0.2) is 27.6 Å². The maximum atomic E-state index is 11.1.